The zero-order valence-corrected chi connectivity index (χ0v) is 11.0. The molecule has 0 amide bonds. The smallest absolute Gasteiger partial charge is 0.768 e. The van der Waals surface area contributed by atoms with Gasteiger partial charge in [-0.1, -0.05) is 28.1 Å². The Bertz CT molecular complexity index is 263. The van der Waals surface area contributed by atoms with Crippen molar-refractivity contribution in [2.24, 2.45) is 0 Å². The third-order valence-electron chi connectivity index (χ3n) is 1.27. The Kier molecular flexibility index (Phi) is 6.72. The van der Waals surface area contributed by atoms with Crippen LogP contribution in [0.25, 0.3) is 0 Å². The first kappa shape index (κ1) is 12.8. The van der Waals surface area contributed by atoms with E-state index in [9.17, 15) is 8.76 Å². The summed E-state index contributed by atoms with van der Waals surface area (Å²) in [5.74, 6) is 0. The van der Waals surface area contributed by atoms with Gasteiger partial charge in [0.2, 0.25) is 0 Å². The van der Waals surface area contributed by atoms with Gasteiger partial charge in [0, 0.05) is 10.2 Å². The number of hydrogen-bond acceptors (Lipinski definition) is 2. The molecule has 1 aromatic carbocycles. The van der Waals surface area contributed by atoms with E-state index in [1.807, 2.05) is 0 Å². The van der Waals surface area contributed by atoms with Crippen LogP contribution in [0.15, 0.2) is 29.2 Å². The van der Waals surface area contributed by atoms with Gasteiger partial charge in [0.05, 0.1) is 0 Å². The molecule has 0 N–H and O–H groups in total. The minimum Gasteiger partial charge on any atom is -0.768 e. The SMILES string of the molecule is O=S([O-])c1ccc(CBr)cc1.[Na+]. The molecule has 0 aliphatic carbocycles. The number of rotatable bonds is 2. The second kappa shape index (κ2) is 6.29. The van der Waals surface area contributed by atoms with Crippen LogP contribution in [0.3, 0.4) is 0 Å². The Balaban J connectivity index is 0.00000121. The predicted molar refractivity (Wildman–Crippen MR) is 46.3 cm³/mol. The molecule has 60 valence electrons. The van der Waals surface area contributed by atoms with Crippen molar-refractivity contribution in [1.29, 1.82) is 0 Å². The Morgan fingerprint density at radius 1 is 1.33 bits per heavy atom. The molecule has 0 aliphatic heterocycles. The molecular weight excluding hydrogens is 251 g/mol. The fourth-order valence-electron chi connectivity index (χ4n) is 0.690. The Morgan fingerprint density at radius 3 is 2.17 bits per heavy atom. The molecule has 5 heteroatoms. The second-order valence-corrected chi connectivity index (χ2v) is 3.51. The van der Waals surface area contributed by atoms with E-state index in [-0.39, 0.29) is 29.6 Å². The van der Waals surface area contributed by atoms with E-state index < -0.39 is 11.1 Å². The van der Waals surface area contributed by atoms with Gasteiger partial charge in [-0.2, -0.15) is 0 Å². The molecule has 0 bridgehead atoms. The van der Waals surface area contributed by atoms with E-state index in [1.165, 1.54) is 0 Å². The molecular formula is C7H6BrNaO2S. The summed E-state index contributed by atoms with van der Waals surface area (Å²) in [7, 11) is 0. The van der Waals surface area contributed by atoms with Crippen molar-refractivity contribution in [2.45, 2.75) is 10.2 Å². The van der Waals surface area contributed by atoms with Crippen LogP contribution in [0.2, 0.25) is 0 Å². The quantitative estimate of drug-likeness (QED) is 0.380. The van der Waals surface area contributed by atoms with Gasteiger partial charge in [-0.25, -0.2) is 0 Å². The maximum Gasteiger partial charge on any atom is 1.00 e. The molecule has 1 atom stereocenters. The monoisotopic (exact) mass is 256 g/mol. The summed E-state index contributed by atoms with van der Waals surface area (Å²) >= 11 is 1.16. The Morgan fingerprint density at radius 2 is 1.83 bits per heavy atom. The summed E-state index contributed by atoms with van der Waals surface area (Å²) in [4.78, 5) is 0.328. The molecule has 0 radical (unpaired) electrons. The summed E-state index contributed by atoms with van der Waals surface area (Å²) in [6.07, 6.45) is 0. The maximum atomic E-state index is 10.4. The molecule has 12 heavy (non-hydrogen) atoms. The van der Waals surface area contributed by atoms with E-state index in [4.69, 9.17) is 0 Å². The molecule has 0 fully saturated rings. The van der Waals surface area contributed by atoms with Crippen LogP contribution in [0.1, 0.15) is 5.56 Å². The average Bonchev–Trinajstić information content (AvgIpc) is 2.05. The molecule has 0 saturated heterocycles. The molecule has 1 aromatic rings. The van der Waals surface area contributed by atoms with Crippen molar-refractivity contribution < 1.29 is 38.3 Å². The predicted octanol–water partition coefficient (Wildman–Crippen LogP) is -1.18. The third kappa shape index (κ3) is 3.68. The average molecular weight is 257 g/mol. The van der Waals surface area contributed by atoms with Gasteiger partial charge in [-0.05, 0) is 28.8 Å². The van der Waals surface area contributed by atoms with E-state index in [0.29, 0.717) is 4.90 Å². The van der Waals surface area contributed by atoms with Crippen molar-refractivity contribution in [1.82, 2.24) is 0 Å². The van der Waals surface area contributed by atoms with Crippen LogP contribution in [0, 0.1) is 0 Å². The van der Waals surface area contributed by atoms with Gasteiger partial charge in [0.25, 0.3) is 0 Å². The fraction of sp³-hybridized carbons (Fsp3) is 0.143. The molecule has 0 heterocycles. The van der Waals surface area contributed by atoms with Crippen molar-refractivity contribution in [3.05, 3.63) is 29.8 Å². The molecule has 2 nitrogen and oxygen atoms in total. The summed E-state index contributed by atoms with van der Waals surface area (Å²) in [5, 5.41) is 0.749. The van der Waals surface area contributed by atoms with E-state index >= 15 is 0 Å². The number of hydrogen-bond donors (Lipinski definition) is 0. The summed E-state index contributed by atoms with van der Waals surface area (Å²) in [6.45, 7) is 0. The van der Waals surface area contributed by atoms with Crippen LogP contribution < -0.4 is 29.6 Å². The van der Waals surface area contributed by atoms with Crippen molar-refractivity contribution >= 4 is 27.0 Å². The van der Waals surface area contributed by atoms with Crippen LogP contribution in [-0.2, 0) is 16.4 Å². The van der Waals surface area contributed by atoms with Crippen LogP contribution in [0.5, 0.6) is 0 Å². The Hall–Kier alpha value is 0.810. The molecule has 0 spiro atoms. The number of benzene rings is 1. The Labute approximate surface area is 104 Å². The fourth-order valence-corrected chi connectivity index (χ4v) is 1.42. The van der Waals surface area contributed by atoms with E-state index in [2.05, 4.69) is 15.9 Å². The van der Waals surface area contributed by atoms with E-state index in [0.717, 1.165) is 10.9 Å². The zero-order valence-electron chi connectivity index (χ0n) is 6.62. The zero-order chi connectivity index (χ0) is 8.27. The van der Waals surface area contributed by atoms with Crippen LogP contribution >= 0.6 is 15.9 Å². The third-order valence-corrected chi connectivity index (χ3v) is 2.57. The van der Waals surface area contributed by atoms with Crippen molar-refractivity contribution in [2.75, 3.05) is 0 Å². The standard InChI is InChI=1S/C7H7BrO2S.Na/c8-5-6-1-3-7(4-2-6)11(9)10;/h1-4H,5H2,(H,9,10);/q;+1/p-1. The normalized spacial score (nSPS) is 11.8. The first-order valence-corrected chi connectivity index (χ1v) is 5.18. The van der Waals surface area contributed by atoms with Gasteiger partial charge in [0.15, 0.2) is 0 Å². The minimum absolute atomic E-state index is 0. The number of halogens is 1. The topological polar surface area (TPSA) is 40.1 Å². The van der Waals surface area contributed by atoms with Gasteiger partial charge in [-0.3, -0.25) is 4.21 Å². The largest absolute Gasteiger partial charge is 1.00 e. The molecule has 1 rings (SSSR count). The summed E-state index contributed by atoms with van der Waals surface area (Å²) in [6, 6.07) is 6.72. The second-order valence-electron chi connectivity index (χ2n) is 2.01. The summed E-state index contributed by atoms with van der Waals surface area (Å²) < 4.78 is 20.8. The molecule has 0 aliphatic rings. The van der Waals surface area contributed by atoms with Crippen LogP contribution in [-0.4, -0.2) is 8.76 Å². The molecule has 0 aromatic heterocycles. The minimum atomic E-state index is -2.10. The molecule has 1 unspecified atom stereocenters. The first-order valence-electron chi connectivity index (χ1n) is 2.98. The van der Waals surface area contributed by atoms with Crippen molar-refractivity contribution in [3.63, 3.8) is 0 Å². The summed E-state index contributed by atoms with van der Waals surface area (Å²) in [5.41, 5.74) is 1.07. The maximum absolute atomic E-state index is 10.4. The number of alkyl halides is 1. The molecule has 0 saturated carbocycles. The van der Waals surface area contributed by atoms with Gasteiger partial charge in [0.1, 0.15) is 0 Å². The first-order chi connectivity index (χ1) is 5.24. The van der Waals surface area contributed by atoms with Gasteiger partial charge < -0.3 is 4.55 Å². The van der Waals surface area contributed by atoms with E-state index in [1.54, 1.807) is 24.3 Å². The van der Waals surface area contributed by atoms with Gasteiger partial charge in [-0.15, -0.1) is 0 Å². The van der Waals surface area contributed by atoms with Crippen molar-refractivity contribution in [3.8, 4) is 0 Å². The van der Waals surface area contributed by atoms with Crippen LogP contribution in [0.4, 0.5) is 0 Å². The van der Waals surface area contributed by atoms with Gasteiger partial charge >= 0.3 is 29.6 Å².